The first-order chi connectivity index (χ1) is 7.17. The molecule has 1 aromatic heterocycles. The third-order valence-electron chi connectivity index (χ3n) is 1.89. The number of amides is 1. The molecule has 1 rings (SSSR count). The number of halogens is 1. The quantitative estimate of drug-likeness (QED) is 0.794. The van der Waals surface area contributed by atoms with Crippen LogP contribution in [0.25, 0.3) is 0 Å². The van der Waals surface area contributed by atoms with Crippen LogP contribution in [0.1, 0.15) is 23.8 Å². The third kappa shape index (κ3) is 3.45. The van der Waals surface area contributed by atoms with Crippen molar-refractivity contribution in [3.05, 3.63) is 23.2 Å². The fourth-order valence-corrected chi connectivity index (χ4v) is 1.14. The minimum atomic E-state index is -0.383. The predicted octanol–water partition coefficient (Wildman–Crippen LogP) is 0.631. The molecule has 0 aliphatic carbocycles. The number of hydrogen-bond acceptors (Lipinski definition) is 4. The molecular weight excluding hydrogens is 218 g/mol. The van der Waals surface area contributed by atoms with Crippen molar-refractivity contribution in [1.29, 1.82) is 0 Å². The fourth-order valence-electron chi connectivity index (χ4n) is 0.988. The predicted molar refractivity (Wildman–Crippen MR) is 55.7 cm³/mol. The van der Waals surface area contributed by atoms with Crippen LogP contribution in [0.15, 0.2) is 12.4 Å². The van der Waals surface area contributed by atoms with E-state index < -0.39 is 0 Å². The minimum Gasteiger partial charge on any atom is -0.394 e. The molecule has 15 heavy (non-hydrogen) atoms. The van der Waals surface area contributed by atoms with Crippen LogP contribution in [-0.4, -0.2) is 33.6 Å². The van der Waals surface area contributed by atoms with Gasteiger partial charge >= 0.3 is 0 Å². The van der Waals surface area contributed by atoms with Gasteiger partial charge in [0.15, 0.2) is 0 Å². The Bertz CT molecular complexity index is 342. The van der Waals surface area contributed by atoms with E-state index in [1.165, 1.54) is 12.4 Å². The van der Waals surface area contributed by atoms with Crippen LogP contribution in [0.2, 0.25) is 5.15 Å². The standard InChI is InChI=1S/C9H12ClN3O2/c1-2-6(5-14)12-9(15)7-3-11-4-8(10)13-7/h3-4,6,14H,2,5H2,1H3,(H,12,15)/t6-/m0/s1. The summed E-state index contributed by atoms with van der Waals surface area (Å²) in [6.45, 7) is 1.76. The second-order valence-corrected chi connectivity index (χ2v) is 3.38. The van der Waals surface area contributed by atoms with Crippen molar-refractivity contribution in [2.45, 2.75) is 19.4 Å². The van der Waals surface area contributed by atoms with Gasteiger partial charge in [-0.1, -0.05) is 18.5 Å². The smallest absolute Gasteiger partial charge is 0.271 e. The molecule has 1 atom stereocenters. The number of nitrogens with one attached hydrogen (secondary N) is 1. The van der Waals surface area contributed by atoms with Gasteiger partial charge in [-0.05, 0) is 6.42 Å². The summed E-state index contributed by atoms with van der Waals surface area (Å²) in [5, 5.41) is 11.7. The van der Waals surface area contributed by atoms with E-state index >= 15 is 0 Å². The Hall–Kier alpha value is -1.20. The topological polar surface area (TPSA) is 75.1 Å². The molecule has 0 radical (unpaired) electrons. The minimum absolute atomic E-state index is 0.101. The average molecular weight is 230 g/mol. The summed E-state index contributed by atoms with van der Waals surface area (Å²) >= 11 is 5.59. The second-order valence-electron chi connectivity index (χ2n) is 2.99. The Balaban J connectivity index is 2.68. The fraction of sp³-hybridized carbons (Fsp3) is 0.444. The van der Waals surface area contributed by atoms with Gasteiger partial charge in [0.1, 0.15) is 10.8 Å². The zero-order valence-corrected chi connectivity index (χ0v) is 9.03. The summed E-state index contributed by atoms with van der Waals surface area (Å²) in [5.41, 5.74) is 0.148. The largest absolute Gasteiger partial charge is 0.394 e. The van der Waals surface area contributed by atoms with Crippen molar-refractivity contribution in [3.8, 4) is 0 Å². The van der Waals surface area contributed by atoms with Gasteiger partial charge in [0.25, 0.3) is 5.91 Å². The van der Waals surface area contributed by atoms with Crippen LogP contribution in [0.3, 0.4) is 0 Å². The first-order valence-electron chi connectivity index (χ1n) is 4.56. The van der Waals surface area contributed by atoms with E-state index in [4.69, 9.17) is 16.7 Å². The molecule has 82 valence electrons. The van der Waals surface area contributed by atoms with Crippen LogP contribution in [-0.2, 0) is 0 Å². The lowest BCUT2D eigenvalue weighted by atomic mass is 10.2. The highest BCUT2D eigenvalue weighted by Crippen LogP contribution is 2.02. The van der Waals surface area contributed by atoms with Gasteiger partial charge in [-0.3, -0.25) is 9.78 Å². The Morgan fingerprint density at radius 3 is 2.93 bits per heavy atom. The zero-order chi connectivity index (χ0) is 11.3. The maximum Gasteiger partial charge on any atom is 0.271 e. The third-order valence-corrected chi connectivity index (χ3v) is 2.07. The molecule has 1 amide bonds. The molecule has 6 heteroatoms. The molecular formula is C9H12ClN3O2. The number of carbonyl (C=O) groups excluding carboxylic acids is 1. The number of hydrogen-bond donors (Lipinski definition) is 2. The van der Waals surface area contributed by atoms with Gasteiger partial charge < -0.3 is 10.4 Å². The molecule has 0 spiro atoms. The summed E-state index contributed by atoms with van der Waals surface area (Å²) in [5.74, 6) is -0.383. The van der Waals surface area contributed by atoms with Crippen molar-refractivity contribution >= 4 is 17.5 Å². The van der Waals surface area contributed by atoms with Crippen molar-refractivity contribution in [2.24, 2.45) is 0 Å². The lowest BCUT2D eigenvalue weighted by Crippen LogP contribution is -2.37. The van der Waals surface area contributed by atoms with Crippen molar-refractivity contribution < 1.29 is 9.90 Å². The summed E-state index contributed by atoms with van der Waals surface area (Å²) < 4.78 is 0. The maximum atomic E-state index is 11.5. The molecule has 0 unspecified atom stereocenters. The second kappa shape index (κ2) is 5.63. The molecule has 1 aromatic rings. The maximum absolute atomic E-state index is 11.5. The highest BCUT2D eigenvalue weighted by atomic mass is 35.5. The van der Waals surface area contributed by atoms with E-state index in [0.717, 1.165) is 0 Å². The molecule has 0 fully saturated rings. The number of aromatic nitrogens is 2. The monoisotopic (exact) mass is 229 g/mol. The van der Waals surface area contributed by atoms with E-state index in [0.29, 0.717) is 6.42 Å². The van der Waals surface area contributed by atoms with Gasteiger partial charge in [-0.25, -0.2) is 4.98 Å². The Morgan fingerprint density at radius 1 is 1.67 bits per heavy atom. The Morgan fingerprint density at radius 2 is 2.40 bits per heavy atom. The van der Waals surface area contributed by atoms with Gasteiger partial charge in [0.05, 0.1) is 25.0 Å². The number of rotatable bonds is 4. The molecule has 0 aliphatic rings. The number of aliphatic hydroxyl groups excluding tert-OH is 1. The van der Waals surface area contributed by atoms with E-state index in [1.807, 2.05) is 6.92 Å². The average Bonchev–Trinajstić information content (AvgIpc) is 2.25. The van der Waals surface area contributed by atoms with Crippen LogP contribution in [0.5, 0.6) is 0 Å². The molecule has 0 aromatic carbocycles. The van der Waals surface area contributed by atoms with Gasteiger partial charge in [-0.2, -0.15) is 0 Å². The first-order valence-corrected chi connectivity index (χ1v) is 4.94. The van der Waals surface area contributed by atoms with E-state index in [9.17, 15) is 4.79 Å². The molecule has 0 bridgehead atoms. The highest BCUT2D eigenvalue weighted by molar-refractivity contribution is 6.29. The van der Waals surface area contributed by atoms with Crippen LogP contribution >= 0.6 is 11.6 Å². The van der Waals surface area contributed by atoms with Gasteiger partial charge in [-0.15, -0.1) is 0 Å². The van der Waals surface area contributed by atoms with Crippen molar-refractivity contribution in [2.75, 3.05) is 6.61 Å². The van der Waals surface area contributed by atoms with Crippen molar-refractivity contribution in [1.82, 2.24) is 15.3 Å². The van der Waals surface area contributed by atoms with E-state index in [2.05, 4.69) is 15.3 Å². The SMILES string of the molecule is CC[C@@H](CO)NC(=O)c1cncc(Cl)n1. The summed E-state index contributed by atoms with van der Waals surface area (Å²) in [6, 6.07) is -0.265. The summed E-state index contributed by atoms with van der Waals surface area (Å²) in [4.78, 5) is 19.1. The van der Waals surface area contributed by atoms with Crippen molar-refractivity contribution in [3.63, 3.8) is 0 Å². The summed E-state index contributed by atoms with van der Waals surface area (Å²) in [6.07, 6.45) is 3.32. The van der Waals surface area contributed by atoms with Crippen LogP contribution in [0, 0.1) is 0 Å². The molecule has 5 nitrogen and oxygen atoms in total. The normalized spacial score (nSPS) is 12.2. The molecule has 0 aliphatic heterocycles. The van der Waals surface area contributed by atoms with Gasteiger partial charge in [0.2, 0.25) is 0 Å². The van der Waals surface area contributed by atoms with Crippen LogP contribution in [0.4, 0.5) is 0 Å². The molecule has 0 saturated carbocycles. The molecule has 0 saturated heterocycles. The molecule has 2 N–H and O–H groups in total. The first kappa shape index (κ1) is 11.9. The lowest BCUT2D eigenvalue weighted by molar-refractivity contribution is 0.0909. The number of aliphatic hydroxyl groups is 1. The van der Waals surface area contributed by atoms with Crippen LogP contribution < -0.4 is 5.32 Å². The lowest BCUT2D eigenvalue weighted by Gasteiger charge is -2.13. The highest BCUT2D eigenvalue weighted by Gasteiger charge is 2.12. The number of nitrogens with zero attached hydrogens (tertiary/aromatic N) is 2. The zero-order valence-electron chi connectivity index (χ0n) is 8.27. The molecule has 1 heterocycles. The van der Waals surface area contributed by atoms with Gasteiger partial charge in [0, 0.05) is 0 Å². The Kier molecular flexibility index (Phi) is 4.45. The Labute approximate surface area is 92.5 Å². The van der Waals surface area contributed by atoms with E-state index in [-0.39, 0.29) is 29.4 Å². The number of carbonyl (C=O) groups is 1. The summed E-state index contributed by atoms with van der Waals surface area (Å²) in [7, 11) is 0. The van der Waals surface area contributed by atoms with E-state index in [1.54, 1.807) is 0 Å².